The fraction of sp³-hybridized carbons (Fsp3) is 0.600. The Morgan fingerprint density at radius 2 is 1.83 bits per heavy atom. The average Bonchev–Trinajstić information content (AvgIpc) is 2.81. The number of hydrogen-bond acceptors (Lipinski definition) is 1. The van der Waals surface area contributed by atoms with Crippen LogP contribution in [0.3, 0.4) is 0 Å². The molecule has 0 bridgehead atoms. The predicted molar refractivity (Wildman–Crippen MR) is 73.5 cm³/mol. The number of hydrogen-bond donors (Lipinski definition) is 0. The summed E-state index contributed by atoms with van der Waals surface area (Å²) in [6.07, 6.45) is 0. The molecule has 1 saturated carbocycles. The average molecular weight is 268 g/mol. The Hall–Kier alpha value is -0.760. The lowest BCUT2D eigenvalue weighted by molar-refractivity contribution is 0.309. The summed E-state index contributed by atoms with van der Waals surface area (Å²) in [7, 11) is 0. The van der Waals surface area contributed by atoms with Crippen LogP contribution in [0.15, 0.2) is 18.2 Å². The van der Waals surface area contributed by atoms with Crippen LogP contribution in [0.1, 0.15) is 20.8 Å². The second-order valence-electron chi connectivity index (χ2n) is 6.72. The molecule has 2 atom stereocenters. The molecule has 1 saturated heterocycles. The van der Waals surface area contributed by atoms with Gasteiger partial charge in [0.05, 0.1) is 5.02 Å². The number of nitrogens with zero attached hydrogens (tertiary/aromatic N) is 1. The maximum atomic E-state index is 13.4. The van der Waals surface area contributed by atoms with Crippen molar-refractivity contribution >= 4 is 17.3 Å². The number of rotatable bonds is 1. The van der Waals surface area contributed by atoms with Gasteiger partial charge in [0.15, 0.2) is 0 Å². The first kappa shape index (κ1) is 12.3. The standard InChI is InChI=1S/C15H19ClFN/c1-15(2,3)14-10-7-18(8-11(10)14)9-4-5-12(16)13(17)6-9/h4-6,10-11,14H,7-8H2,1-3H3. The molecule has 1 aromatic carbocycles. The molecule has 0 radical (unpaired) electrons. The summed E-state index contributed by atoms with van der Waals surface area (Å²) in [5, 5.41) is 0.204. The molecule has 0 amide bonds. The highest BCUT2D eigenvalue weighted by atomic mass is 35.5. The van der Waals surface area contributed by atoms with Crippen LogP contribution in [0, 0.1) is 29.0 Å². The highest BCUT2D eigenvalue weighted by Gasteiger charge is 2.59. The fourth-order valence-corrected chi connectivity index (χ4v) is 3.82. The largest absolute Gasteiger partial charge is 0.371 e. The van der Waals surface area contributed by atoms with Crippen molar-refractivity contribution in [2.45, 2.75) is 20.8 Å². The number of benzene rings is 1. The third-order valence-corrected chi connectivity index (χ3v) is 4.77. The van der Waals surface area contributed by atoms with E-state index >= 15 is 0 Å². The smallest absolute Gasteiger partial charge is 0.143 e. The van der Waals surface area contributed by atoms with Gasteiger partial charge in [0, 0.05) is 18.8 Å². The number of piperidine rings is 1. The Bertz CT molecular complexity index is 468. The summed E-state index contributed by atoms with van der Waals surface area (Å²) >= 11 is 5.71. The maximum absolute atomic E-state index is 13.4. The summed E-state index contributed by atoms with van der Waals surface area (Å²) in [6.45, 7) is 9.09. The van der Waals surface area contributed by atoms with E-state index in [-0.39, 0.29) is 10.8 Å². The van der Waals surface area contributed by atoms with Crippen LogP contribution in [0.2, 0.25) is 5.02 Å². The van der Waals surface area contributed by atoms with Gasteiger partial charge < -0.3 is 4.90 Å². The fourth-order valence-electron chi connectivity index (χ4n) is 3.70. The molecular weight excluding hydrogens is 249 g/mol. The normalized spacial score (nSPS) is 30.5. The van der Waals surface area contributed by atoms with Crippen molar-refractivity contribution in [3.63, 3.8) is 0 Å². The second kappa shape index (κ2) is 3.86. The molecule has 0 spiro atoms. The van der Waals surface area contributed by atoms with Crippen LogP contribution >= 0.6 is 11.6 Å². The van der Waals surface area contributed by atoms with E-state index in [2.05, 4.69) is 25.7 Å². The molecule has 1 heterocycles. The van der Waals surface area contributed by atoms with E-state index in [1.807, 2.05) is 6.07 Å². The van der Waals surface area contributed by atoms with Gasteiger partial charge in [-0.05, 0) is 41.4 Å². The van der Waals surface area contributed by atoms with Crippen molar-refractivity contribution in [1.29, 1.82) is 0 Å². The molecule has 0 aromatic heterocycles. The topological polar surface area (TPSA) is 3.24 Å². The van der Waals surface area contributed by atoms with Gasteiger partial charge in [-0.1, -0.05) is 32.4 Å². The van der Waals surface area contributed by atoms with Crippen LogP contribution in [0.4, 0.5) is 10.1 Å². The molecule has 0 N–H and O–H groups in total. The van der Waals surface area contributed by atoms with Gasteiger partial charge in [0.1, 0.15) is 5.82 Å². The summed E-state index contributed by atoms with van der Waals surface area (Å²) < 4.78 is 13.4. The molecule has 1 aliphatic carbocycles. The van der Waals surface area contributed by atoms with E-state index in [0.717, 1.165) is 36.5 Å². The third kappa shape index (κ3) is 1.91. The Morgan fingerprint density at radius 3 is 2.33 bits per heavy atom. The van der Waals surface area contributed by atoms with Crippen LogP contribution in [-0.2, 0) is 0 Å². The first-order valence-electron chi connectivity index (χ1n) is 6.58. The van der Waals surface area contributed by atoms with Gasteiger partial charge in [-0.2, -0.15) is 0 Å². The molecule has 2 aliphatic rings. The highest BCUT2D eigenvalue weighted by Crippen LogP contribution is 2.60. The zero-order valence-corrected chi connectivity index (χ0v) is 11.8. The van der Waals surface area contributed by atoms with E-state index in [4.69, 9.17) is 11.6 Å². The Morgan fingerprint density at radius 1 is 1.22 bits per heavy atom. The zero-order valence-electron chi connectivity index (χ0n) is 11.1. The first-order valence-corrected chi connectivity index (χ1v) is 6.96. The van der Waals surface area contributed by atoms with Gasteiger partial charge >= 0.3 is 0 Å². The lowest BCUT2D eigenvalue weighted by atomic mass is 9.87. The summed E-state index contributed by atoms with van der Waals surface area (Å²) in [5.41, 5.74) is 1.38. The van der Waals surface area contributed by atoms with Crippen molar-refractivity contribution in [3.05, 3.63) is 29.0 Å². The Balaban J connectivity index is 1.71. The van der Waals surface area contributed by atoms with Gasteiger partial charge in [-0.25, -0.2) is 4.39 Å². The van der Waals surface area contributed by atoms with E-state index in [1.165, 1.54) is 0 Å². The molecule has 1 nitrogen and oxygen atoms in total. The molecule has 2 fully saturated rings. The molecule has 3 rings (SSSR count). The minimum absolute atomic E-state index is 0.204. The maximum Gasteiger partial charge on any atom is 0.143 e. The van der Waals surface area contributed by atoms with Crippen LogP contribution in [0.25, 0.3) is 0 Å². The lowest BCUT2D eigenvalue weighted by Gasteiger charge is -2.27. The first-order chi connectivity index (χ1) is 8.38. The molecule has 3 heteroatoms. The lowest BCUT2D eigenvalue weighted by Crippen LogP contribution is -2.27. The van der Waals surface area contributed by atoms with Crippen molar-refractivity contribution in [2.75, 3.05) is 18.0 Å². The summed E-state index contributed by atoms with van der Waals surface area (Å²) in [5.74, 6) is 2.11. The van der Waals surface area contributed by atoms with Gasteiger partial charge in [-0.15, -0.1) is 0 Å². The van der Waals surface area contributed by atoms with E-state index in [0.29, 0.717) is 5.41 Å². The van der Waals surface area contributed by atoms with Crippen molar-refractivity contribution in [1.82, 2.24) is 0 Å². The molecule has 18 heavy (non-hydrogen) atoms. The molecule has 98 valence electrons. The van der Waals surface area contributed by atoms with Gasteiger partial charge in [-0.3, -0.25) is 0 Å². The van der Waals surface area contributed by atoms with Gasteiger partial charge in [0.2, 0.25) is 0 Å². The Kier molecular flexibility index (Phi) is 2.64. The van der Waals surface area contributed by atoms with Crippen LogP contribution in [-0.4, -0.2) is 13.1 Å². The predicted octanol–water partition coefficient (Wildman–Crippen LogP) is 4.21. The zero-order chi connectivity index (χ0) is 13.1. The highest BCUT2D eigenvalue weighted by molar-refractivity contribution is 6.30. The van der Waals surface area contributed by atoms with Gasteiger partial charge in [0.25, 0.3) is 0 Å². The second-order valence-corrected chi connectivity index (χ2v) is 7.13. The van der Waals surface area contributed by atoms with E-state index < -0.39 is 0 Å². The van der Waals surface area contributed by atoms with Crippen molar-refractivity contribution < 1.29 is 4.39 Å². The number of fused-ring (bicyclic) bond motifs is 1. The number of anilines is 1. The minimum Gasteiger partial charge on any atom is -0.371 e. The summed E-state index contributed by atoms with van der Waals surface area (Å²) in [4.78, 5) is 2.29. The Labute approximate surface area is 113 Å². The van der Waals surface area contributed by atoms with E-state index in [9.17, 15) is 4.39 Å². The van der Waals surface area contributed by atoms with E-state index in [1.54, 1.807) is 12.1 Å². The monoisotopic (exact) mass is 267 g/mol. The van der Waals surface area contributed by atoms with Crippen molar-refractivity contribution in [2.24, 2.45) is 23.2 Å². The quantitative estimate of drug-likeness (QED) is 0.737. The molecule has 1 aromatic rings. The SMILES string of the molecule is CC(C)(C)C1C2CN(c3ccc(Cl)c(F)c3)CC21. The molecule has 1 aliphatic heterocycles. The number of halogens is 2. The summed E-state index contributed by atoms with van der Waals surface area (Å²) in [6, 6.07) is 5.12. The van der Waals surface area contributed by atoms with Crippen molar-refractivity contribution in [3.8, 4) is 0 Å². The van der Waals surface area contributed by atoms with Crippen LogP contribution in [0.5, 0.6) is 0 Å². The molecular formula is C15H19ClFN. The molecule has 2 unspecified atom stereocenters. The van der Waals surface area contributed by atoms with Crippen LogP contribution < -0.4 is 4.90 Å². The third-order valence-electron chi connectivity index (χ3n) is 4.46. The minimum atomic E-state index is -0.317.